The van der Waals surface area contributed by atoms with Crippen molar-refractivity contribution in [2.24, 2.45) is 0 Å². The lowest BCUT2D eigenvalue weighted by Gasteiger charge is -2.24. The van der Waals surface area contributed by atoms with E-state index in [9.17, 15) is 0 Å². The van der Waals surface area contributed by atoms with Crippen LogP contribution in [0.2, 0.25) is 0 Å². The Kier molecular flexibility index (Phi) is 4.49. The highest BCUT2D eigenvalue weighted by molar-refractivity contribution is 6.19. The van der Waals surface area contributed by atoms with Crippen molar-refractivity contribution < 1.29 is 0 Å². The molecule has 0 aromatic heterocycles. The summed E-state index contributed by atoms with van der Waals surface area (Å²) in [7, 11) is 0. The maximum atomic E-state index is 2.48. The Hall–Kier alpha value is -4.94. The maximum absolute atomic E-state index is 2.48. The van der Waals surface area contributed by atoms with E-state index >= 15 is 0 Å². The van der Waals surface area contributed by atoms with Gasteiger partial charge in [-0.2, -0.15) is 0 Å². The number of fused-ring (bicyclic) bond motifs is 11. The van der Waals surface area contributed by atoms with Gasteiger partial charge in [-0.3, -0.25) is 0 Å². The zero-order valence-electron chi connectivity index (χ0n) is 23.2. The molecule has 0 aliphatic heterocycles. The van der Waals surface area contributed by atoms with Crippen LogP contribution in [0, 0.1) is 0 Å². The Labute approximate surface area is 239 Å². The molecule has 8 aromatic rings. The minimum Gasteiger partial charge on any atom is -0.0616 e. The van der Waals surface area contributed by atoms with Gasteiger partial charge in [-0.1, -0.05) is 123 Å². The highest BCUT2D eigenvalue weighted by Gasteiger charge is 2.38. The highest BCUT2D eigenvalue weighted by Crippen LogP contribution is 2.55. The van der Waals surface area contributed by atoms with Crippen molar-refractivity contribution in [3.8, 4) is 22.3 Å². The number of hydrogen-bond donors (Lipinski definition) is 0. The SMILES string of the molecule is CC1(C)c2cc3cc(-c4c5ccccc5cc5ccccc45)ccc3cc2-c2c1c1ccccc1c1ccccc21. The minimum absolute atomic E-state index is 0.107. The second-order valence-electron chi connectivity index (χ2n) is 12.1. The van der Waals surface area contributed by atoms with Gasteiger partial charge in [0.05, 0.1) is 0 Å². The van der Waals surface area contributed by atoms with Crippen LogP contribution in [0.25, 0.3) is 76.1 Å². The molecule has 0 heterocycles. The summed E-state index contributed by atoms with van der Waals surface area (Å²) in [5.74, 6) is 0. The van der Waals surface area contributed by atoms with Gasteiger partial charge < -0.3 is 0 Å². The van der Waals surface area contributed by atoms with Crippen molar-refractivity contribution in [1.29, 1.82) is 0 Å². The van der Waals surface area contributed by atoms with Crippen LogP contribution in [0.4, 0.5) is 0 Å². The van der Waals surface area contributed by atoms with Crippen LogP contribution in [0.1, 0.15) is 25.0 Å². The minimum atomic E-state index is -0.107. The third-order valence-electron chi connectivity index (χ3n) is 9.54. The van der Waals surface area contributed by atoms with Crippen LogP contribution in [-0.4, -0.2) is 0 Å². The summed E-state index contributed by atoms with van der Waals surface area (Å²) in [4.78, 5) is 0. The van der Waals surface area contributed by atoms with Crippen LogP contribution < -0.4 is 0 Å². The molecule has 0 saturated carbocycles. The third-order valence-corrected chi connectivity index (χ3v) is 9.54. The molecule has 0 nitrogen and oxygen atoms in total. The Balaban J connectivity index is 1.35. The first-order valence-corrected chi connectivity index (χ1v) is 14.5. The molecule has 0 atom stereocenters. The monoisotopic (exact) mass is 520 g/mol. The number of rotatable bonds is 1. The third kappa shape index (κ3) is 3.05. The van der Waals surface area contributed by atoms with Gasteiger partial charge in [0.15, 0.2) is 0 Å². The van der Waals surface area contributed by atoms with E-state index in [4.69, 9.17) is 0 Å². The van der Waals surface area contributed by atoms with E-state index in [0.717, 1.165) is 0 Å². The molecule has 9 rings (SSSR count). The Morgan fingerprint density at radius 1 is 0.390 bits per heavy atom. The average molecular weight is 521 g/mol. The topological polar surface area (TPSA) is 0 Å². The molecule has 0 radical (unpaired) electrons. The summed E-state index contributed by atoms with van der Waals surface area (Å²) < 4.78 is 0. The van der Waals surface area contributed by atoms with E-state index in [1.807, 2.05) is 0 Å². The molecule has 0 bridgehead atoms. The van der Waals surface area contributed by atoms with Crippen molar-refractivity contribution in [3.05, 3.63) is 145 Å². The normalized spacial score (nSPS) is 13.8. The molecule has 0 heteroatoms. The molecule has 192 valence electrons. The van der Waals surface area contributed by atoms with Gasteiger partial charge in [0.25, 0.3) is 0 Å². The standard InChI is InChI=1S/C41H28/c1-41(2)37-24-29-22-28(38-30-13-5-3-11-26(30)21-27-12-4-6-14-31(27)38)20-19-25(29)23-36(37)39-34-17-9-7-15-32(34)33-16-8-10-18-35(33)40(39)41/h3-24H,1-2H3. The number of benzene rings is 8. The number of hydrogen-bond acceptors (Lipinski definition) is 0. The van der Waals surface area contributed by atoms with Gasteiger partial charge >= 0.3 is 0 Å². The van der Waals surface area contributed by atoms with Gasteiger partial charge in [0.1, 0.15) is 0 Å². The predicted molar refractivity (Wildman–Crippen MR) is 177 cm³/mol. The summed E-state index contributed by atoms with van der Waals surface area (Å²) in [6, 6.07) is 49.8. The van der Waals surface area contributed by atoms with Crippen molar-refractivity contribution in [3.63, 3.8) is 0 Å². The zero-order chi connectivity index (χ0) is 27.3. The van der Waals surface area contributed by atoms with Crippen molar-refractivity contribution in [2.45, 2.75) is 19.3 Å². The fraction of sp³-hybridized carbons (Fsp3) is 0.0732. The maximum Gasteiger partial charge on any atom is 0.0165 e. The van der Waals surface area contributed by atoms with Gasteiger partial charge in [0, 0.05) is 5.41 Å². The molecule has 1 aliphatic rings. The van der Waals surface area contributed by atoms with E-state index in [-0.39, 0.29) is 5.41 Å². The average Bonchev–Trinajstić information content (AvgIpc) is 3.25. The molecule has 0 amide bonds. The summed E-state index contributed by atoms with van der Waals surface area (Å²) in [6.45, 7) is 4.82. The first-order chi connectivity index (χ1) is 20.1. The van der Waals surface area contributed by atoms with Crippen LogP contribution in [0.3, 0.4) is 0 Å². The predicted octanol–water partition coefficient (Wildman–Crippen LogP) is 11.4. The first kappa shape index (κ1) is 22.8. The first-order valence-electron chi connectivity index (χ1n) is 14.5. The van der Waals surface area contributed by atoms with E-state index < -0.39 is 0 Å². The lowest BCUT2D eigenvalue weighted by Crippen LogP contribution is -2.15. The van der Waals surface area contributed by atoms with E-state index in [1.165, 1.54) is 87.2 Å². The fourth-order valence-corrected chi connectivity index (χ4v) is 7.71. The molecule has 0 saturated heterocycles. The lowest BCUT2D eigenvalue weighted by molar-refractivity contribution is 0.667. The summed E-state index contributed by atoms with van der Waals surface area (Å²) in [6.07, 6.45) is 0. The summed E-state index contributed by atoms with van der Waals surface area (Å²) in [5, 5.41) is 13.2. The van der Waals surface area contributed by atoms with Crippen LogP contribution in [0.5, 0.6) is 0 Å². The highest BCUT2D eigenvalue weighted by atomic mass is 14.4. The Morgan fingerprint density at radius 2 is 0.951 bits per heavy atom. The van der Waals surface area contributed by atoms with E-state index in [2.05, 4.69) is 147 Å². The summed E-state index contributed by atoms with van der Waals surface area (Å²) >= 11 is 0. The van der Waals surface area contributed by atoms with Gasteiger partial charge in [0.2, 0.25) is 0 Å². The largest absolute Gasteiger partial charge is 0.0616 e. The fourth-order valence-electron chi connectivity index (χ4n) is 7.71. The molecular weight excluding hydrogens is 492 g/mol. The molecule has 0 unspecified atom stereocenters. The molecule has 8 aromatic carbocycles. The Morgan fingerprint density at radius 3 is 1.63 bits per heavy atom. The van der Waals surface area contributed by atoms with Gasteiger partial charge in [-0.15, -0.1) is 0 Å². The van der Waals surface area contributed by atoms with Crippen LogP contribution >= 0.6 is 0 Å². The van der Waals surface area contributed by atoms with Gasteiger partial charge in [-0.25, -0.2) is 0 Å². The molecule has 1 aliphatic carbocycles. The molecular formula is C41H28. The molecule has 0 N–H and O–H groups in total. The quantitative estimate of drug-likeness (QED) is 0.149. The zero-order valence-corrected chi connectivity index (χ0v) is 23.2. The van der Waals surface area contributed by atoms with E-state index in [1.54, 1.807) is 0 Å². The second-order valence-corrected chi connectivity index (χ2v) is 12.1. The molecule has 0 spiro atoms. The van der Waals surface area contributed by atoms with Crippen LogP contribution in [-0.2, 0) is 5.41 Å². The van der Waals surface area contributed by atoms with Crippen molar-refractivity contribution in [1.82, 2.24) is 0 Å². The van der Waals surface area contributed by atoms with Crippen LogP contribution in [0.15, 0.2) is 133 Å². The molecule has 0 fully saturated rings. The second kappa shape index (κ2) is 8.05. The van der Waals surface area contributed by atoms with Crippen molar-refractivity contribution in [2.75, 3.05) is 0 Å². The van der Waals surface area contributed by atoms with Crippen molar-refractivity contribution >= 4 is 53.9 Å². The van der Waals surface area contributed by atoms with Gasteiger partial charge in [-0.05, 0) is 112 Å². The lowest BCUT2D eigenvalue weighted by atomic mass is 9.79. The molecule has 41 heavy (non-hydrogen) atoms. The Bertz CT molecular complexity index is 2330. The summed E-state index contributed by atoms with van der Waals surface area (Å²) in [5.41, 5.74) is 8.15. The van der Waals surface area contributed by atoms with E-state index in [0.29, 0.717) is 0 Å². The smallest absolute Gasteiger partial charge is 0.0165 e.